The van der Waals surface area contributed by atoms with Gasteiger partial charge in [0.1, 0.15) is 11.6 Å². The number of halogens is 1. The molecule has 1 aliphatic heterocycles. The van der Waals surface area contributed by atoms with Crippen LogP contribution in [-0.4, -0.2) is 32.1 Å². The fourth-order valence-corrected chi connectivity index (χ4v) is 2.88. The Morgan fingerprint density at radius 1 is 1.19 bits per heavy atom. The molecular weight excluding hydrogens is 337 g/mol. The van der Waals surface area contributed by atoms with Crippen LogP contribution >= 0.6 is 0 Å². The lowest BCUT2D eigenvalue weighted by atomic mass is 10.1. The summed E-state index contributed by atoms with van der Waals surface area (Å²) in [5.74, 6) is 0.430. The van der Waals surface area contributed by atoms with Crippen LogP contribution in [0.3, 0.4) is 0 Å². The highest BCUT2D eigenvalue weighted by atomic mass is 19.1. The fraction of sp³-hybridized carbons (Fsp3) is 0.263. The molecule has 1 atom stereocenters. The van der Waals surface area contributed by atoms with Crippen molar-refractivity contribution in [2.24, 2.45) is 5.92 Å². The van der Waals surface area contributed by atoms with Crippen molar-refractivity contribution in [1.29, 1.82) is 0 Å². The summed E-state index contributed by atoms with van der Waals surface area (Å²) in [6.45, 7) is 0.924. The Morgan fingerprint density at radius 2 is 1.88 bits per heavy atom. The van der Waals surface area contributed by atoms with Crippen molar-refractivity contribution in [3.8, 4) is 5.75 Å². The Hall–Kier alpha value is -3.09. The van der Waals surface area contributed by atoms with Crippen LogP contribution in [0.25, 0.3) is 0 Å². The van der Waals surface area contributed by atoms with Gasteiger partial charge in [0.2, 0.25) is 5.91 Å². The highest BCUT2D eigenvalue weighted by molar-refractivity contribution is 5.96. The highest BCUT2D eigenvalue weighted by Gasteiger charge is 2.30. The molecule has 1 unspecified atom stereocenters. The van der Waals surface area contributed by atoms with Gasteiger partial charge in [-0.2, -0.15) is 0 Å². The summed E-state index contributed by atoms with van der Waals surface area (Å²) in [6.07, 6.45) is 0.378. The number of hydrogen-bond donors (Lipinski definition) is 2. The van der Waals surface area contributed by atoms with Crippen molar-refractivity contribution in [2.45, 2.75) is 6.42 Å². The molecule has 0 bridgehead atoms. The maximum absolute atomic E-state index is 12.9. The van der Waals surface area contributed by atoms with Crippen LogP contribution in [0.1, 0.15) is 6.42 Å². The molecule has 0 radical (unpaired) electrons. The first-order valence-electron chi connectivity index (χ1n) is 8.30. The van der Waals surface area contributed by atoms with Crippen molar-refractivity contribution >= 4 is 23.3 Å². The monoisotopic (exact) mass is 357 g/mol. The van der Waals surface area contributed by atoms with Gasteiger partial charge in [-0.25, -0.2) is 9.18 Å². The van der Waals surface area contributed by atoms with Crippen molar-refractivity contribution in [3.63, 3.8) is 0 Å². The summed E-state index contributed by atoms with van der Waals surface area (Å²) in [7, 11) is 1.59. The Morgan fingerprint density at radius 3 is 2.54 bits per heavy atom. The molecule has 2 aromatic carbocycles. The number of benzene rings is 2. The minimum atomic E-state index is -0.382. The Bertz CT molecular complexity index is 778. The zero-order chi connectivity index (χ0) is 18.5. The van der Waals surface area contributed by atoms with Gasteiger partial charge >= 0.3 is 6.03 Å². The Kier molecular flexibility index (Phi) is 5.36. The average Bonchev–Trinajstić information content (AvgIpc) is 3.03. The van der Waals surface area contributed by atoms with Crippen LogP contribution in [0.4, 0.5) is 20.6 Å². The Labute approximate surface area is 150 Å². The first kappa shape index (κ1) is 17.7. The van der Waals surface area contributed by atoms with E-state index in [0.717, 1.165) is 11.4 Å². The zero-order valence-electron chi connectivity index (χ0n) is 14.4. The van der Waals surface area contributed by atoms with E-state index >= 15 is 0 Å². The van der Waals surface area contributed by atoms with Gasteiger partial charge < -0.3 is 20.3 Å². The van der Waals surface area contributed by atoms with Crippen molar-refractivity contribution in [1.82, 2.24) is 5.32 Å². The zero-order valence-corrected chi connectivity index (χ0v) is 14.4. The molecule has 26 heavy (non-hydrogen) atoms. The quantitative estimate of drug-likeness (QED) is 0.864. The van der Waals surface area contributed by atoms with E-state index in [-0.39, 0.29) is 23.7 Å². The summed E-state index contributed by atoms with van der Waals surface area (Å²) in [6, 6.07) is 12.4. The number of ether oxygens (including phenoxy) is 1. The number of rotatable bonds is 5. The Balaban J connectivity index is 1.50. The van der Waals surface area contributed by atoms with Crippen LogP contribution in [0.5, 0.6) is 5.75 Å². The summed E-state index contributed by atoms with van der Waals surface area (Å²) in [4.78, 5) is 25.9. The second-order valence-corrected chi connectivity index (χ2v) is 6.11. The largest absolute Gasteiger partial charge is 0.497 e. The van der Waals surface area contributed by atoms with Crippen LogP contribution in [0.15, 0.2) is 48.5 Å². The lowest BCUT2D eigenvalue weighted by molar-refractivity contribution is -0.117. The SMILES string of the molecule is COc1ccc(N2CC(CNC(=O)Nc3ccc(F)cc3)CC2=O)cc1. The van der Waals surface area contributed by atoms with Crippen LogP contribution in [0, 0.1) is 11.7 Å². The first-order chi connectivity index (χ1) is 12.5. The van der Waals surface area contributed by atoms with Gasteiger partial charge in [0, 0.05) is 36.8 Å². The maximum Gasteiger partial charge on any atom is 0.319 e. The van der Waals surface area contributed by atoms with Crippen LogP contribution < -0.4 is 20.3 Å². The average molecular weight is 357 g/mol. The summed E-state index contributed by atoms with van der Waals surface area (Å²) < 4.78 is 18.0. The first-order valence-corrected chi connectivity index (χ1v) is 8.30. The lowest BCUT2D eigenvalue weighted by Gasteiger charge is -2.17. The molecule has 1 fully saturated rings. The third kappa shape index (κ3) is 4.30. The summed E-state index contributed by atoms with van der Waals surface area (Å²) in [5.41, 5.74) is 1.32. The van der Waals surface area contributed by atoms with Gasteiger partial charge in [-0.15, -0.1) is 0 Å². The van der Waals surface area contributed by atoms with Gasteiger partial charge in [0.25, 0.3) is 0 Å². The summed E-state index contributed by atoms with van der Waals surface area (Å²) >= 11 is 0. The van der Waals surface area contributed by atoms with E-state index in [0.29, 0.717) is 25.2 Å². The maximum atomic E-state index is 12.9. The normalized spacial score (nSPS) is 16.5. The minimum absolute atomic E-state index is 0.0286. The number of nitrogens with zero attached hydrogens (tertiary/aromatic N) is 1. The second-order valence-electron chi connectivity index (χ2n) is 6.11. The minimum Gasteiger partial charge on any atom is -0.497 e. The number of hydrogen-bond acceptors (Lipinski definition) is 3. The van der Waals surface area contributed by atoms with Gasteiger partial charge in [0.15, 0.2) is 0 Å². The van der Waals surface area contributed by atoms with E-state index in [1.165, 1.54) is 24.3 Å². The third-order valence-electron chi connectivity index (χ3n) is 4.24. The molecule has 136 valence electrons. The van der Waals surface area contributed by atoms with Crippen molar-refractivity contribution in [3.05, 3.63) is 54.3 Å². The topological polar surface area (TPSA) is 70.7 Å². The van der Waals surface area contributed by atoms with Gasteiger partial charge in [-0.05, 0) is 48.5 Å². The van der Waals surface area contributed by atoms with E-state index < -0.39 is 0 Å². The number of urea groups is 1. The van der Waals surface area contributed by atoms with Gasteiger partial charge in [-0.3, -0.25) is 4.79 Å². The van der Waals surface area contributed by atoms with Crippen molar-refractivity contribution < 1.29 is 18.7 Å². The van der Waals surface area contributed by atoms with E-state index in [2.05, 4.69) is 10.6 Å². The molecule has 3 amide bonds. The smallest absolute Gasteiger partial charge is 0.319 e. The van der Waals surface area contributed by atoms with Crippen molar-refractivity contribution in [2.75, 3.05) is 30.4 Å². The number of carbonyl (C=O) groups is 2. The molecule has 7 heteroatoms. The molecule has 3 rings (SSSR count). The number of carbonyl (C=O) groups excluding carboxylic acids is 2. The number of nitrogens with one attached hydrogen (secondary N) is 2. The molecule has 6 nitrogen and oxygen atoms in total. The second kappa shape index (κ2) is 7.86. The molecule has 1 heterocycles. The predicted molar refractivity (Wildman–Crippen MR) is 96.9 cm³/mol. The number of anilines is 2. The van der Waals surface area contributed by atoms with Gasteiger partial charge in [0.05, 0.1) is 7.11 Å². The third-order valence-corrected chi connectivity index (χ3v) is 4.24. The molecule has 0 saturated carbocycles. The fourth-order valence-electron chi connectivity index (χ4n) is 2.88. The van der Waals surface area contributed by atoms with Gasteiger partial charge in [-0.1, -0.05) is 0 Å². The summed E-state index contributed by atoms with van der Waals surface area (Å²) in [5, 5.41) is 5.39. The molecule has 1 saturated heterocycles. The van der Waals surface area contributed by atoms with E-state index in [4.69, 9.17) is 4.74 Å². The van der Waals surface area contributed by atoms with E-state index in [1.807, 2.05) is 24.3 Å². The predicted octanol–water partition coefficient (Wildman–Crippen LogP) is 3.01. The van der Waals surface area contributed by atoms with Crippen LogP contribution in [-0.2, 0) is 4.79 Å². The lowest BCUT2D eigenvalue weighted by Crippen LogP contribution is -2.34. The number of methoxy groups -OCH3 is 1. The molecule has 2 N–H and O–H groups in total. The molecular formula is C19H20FN3O3. The molecule has 1 aliphatic rings. The molecule has 0 aromatic heterocycles. The van der Waals surface area contributed by atoms with E-state index in [9.17, 15) is 14.0 Å². The molecule has 2 aromatic rings. The van der Waals surface area contributed by atoms with Crippen LogP contribution in [0.2, 0.25) is 0 Å². The number of amides is 3. The molecule has 0 aliphatic carbocycles. The highest BCUT2D eigenvalue weighted by Crippen LogP contribution is 2.26. The van der Waals surface area contributed by atoms with E-state index in [1.54, 1.807) is 12.0 Å². The molecule has 0 spiro atoms. The standard InChI is InChI=1S/C19H20FN3O3/c1-26-17-8-6-16(7-9-17)23-12-13(10-18(23)24)11-21-19(25)22-15-4-2-14(20)3-5-15/h2-9,13H,10-12H2,1H3,(H2,21,22,25).